The zero-order valence-electron chi connectivity index (χ0n) is 4.67. The molecule has 0 nitrogen and oxygen atoms in total. The predicted octanol–water partition coefficient (Wildman–Crippen LogP) is 3.33. The molecule has 0 heterocycles. The molecule has 1 aromatic rings. The SMILES string of the molecule is Fc1cc(Br)c(F)c(I)c1. The van der Waals surface area contributed by atoms with Crippen molar-refractivity contribution in [2.45, 2.75) is 0 Å². The van der Waals surface area contributed by atoms with Gasteiger partial charge in [-0.15, -0.1) is 0 Å². The van der Waals surface area contributed by atoms with E-state index in [1.165, 1.54) is 0 Å². The molecule has 0 aliphatic carbocycles. The van der Waals surface area contributed by atoms with Crippen molar-refractivity contribution in [2.75, 3.05) is 0 Å². The summed E-state index contributed by atoms with van der Waals surface area (Å²) in [5.74, 6) is -0.848. The molecule has 0 aliphatic heterocycles. The van der Waals surface area contributed by atoms with Crippen LogP contribution in [-0.2, 0) is 0 Å². The second-order valence-corrected chi connectivity index (χ2v) is 3.70. The van der Waals surface area contributed by atoms with Crippen LogP contribution in [0.1, 0.15) is 0 Å². The van der Waals surface area contributed by atoms with Crippen LogP contribution in [-0.4, -0.2) is 0 Å². The van der Waals surface area contributed by atoms with Crippen molar-refractivity contribution in [3.05, 3.63) is 31.8 Å². The zero-order chi connectivity index (χ0) is 7.72. The minimum atomic E-state index is -0.433. The van der Waals surface area contributed by atoms with Crippen LogP contribution in [0.25, 0.3) is 0 Å². The Morgan fingerprint density at radius 1 is 1.30 bits per heavy atom. The number of rotatable bonds is 0. The van der Waals surface area contributed by atoms with Crippen molar-refractivity contribution in [2.24, 2.45) is 0 Å². The fourth-order valence-corrected chi connectivity index (χ4v) is 1.92. The van der Waals surface area contributed by atoms with E-state index < -0.39 is 11.6 Å². The van der Waals surface area contributed by atoms with Crippen molar-refractivity contribution in [3.63, 3.8) is 0 Å². The maximum atomic E-state index is 12.7. The monoisotopic (exact) mass is 318 g/mol. The Balaban J connectivity index is 3.31. The highest BCUT2D eigenvalue weighted by Crippen LogP contribution is 2.21. The Bertz CT molecular complexity index is 239. The summed E-state index contributed by atoms with van der Waals surface area (Å²) in [6.45, 7) is 0. The quantitative estimate of drug-likeness (QED) is 0.391. The molecule has 0 aromatic heterocycles. The molecule has 1 rings (SSSR count). The van der Waals surface area contributed by atoms with Crippen LogP contribution in [0.15, 0.2) is 16.6 Å². The predicted molar refractivity (Wildman–Crippen MR) is 46.8 cm³/mol. The molecule has 0 radical (unpaired) electrons. The van der Waals surface area contributed by atoms with Crippen LogP contribution in [0.4, 0.5) is 8.78 Å². The first kappa shape index (κ1) is 8.39. The van der Waals surface area contributed by atoms with E-state index in [9.17, 15) is 8.78 Å². The van der Waals surface area contributed by atoms with E-state index in [0.29, 0.717) is 0 Å². The first-order chi connectivity index (χ1) is 4.61. The Hall–Kier alpha value is 0.290. The normalized spacial score (nSPS) is 10.0. The van der Waals surface area contributed by atoms with Gasteiger partial charge in [0.25, 0.3) is 0 Å². The average Bonchev–Trinajstić information content (AvgIpc) is 1.82. The zero-order valence-corrected chi connectivity index (χ0v) is 8.41. The van der Waals surface area contributed by atoms with Crippen molar-refractivity contribution in [3.8, 4) is 0 Å². The van der Waals surface area contributed by atoms with Crippen molar-refractivity contribution in [1.82, 2.24) is 0 Å². The first-order valence-corrected chi connectivity index (χ1v) is 4.28. The van der Waals surface area contributed by atoms with E-state index in [0.717, 1.165) is 12.1 Å². The van der Waals surface area contributed by atoms with Gasteiger partial charge in [-0.1, -0.05) is 0 Å². The molecule has 0 atom stereocenters. The lowest BCUT2D eigenvalue weighted by Crippen LogP contribution is -1.85. The molecule has 0 unspecified atom stereocenters. The molecule has 4 heteroatoms. The van der Waals surface area contributed by atoms with Crippen LogP contribution < -0.4 is 0 Å². The molecule has 0 saturated heterocycles. The molecule has 0 amide bonds. The first-order valence-electron chi connectivity index (χ1n) is 2.41. The second-order valence-electron chi connectivity index (χ2n) is 1.68. The maximum absolute atomic E-state index is 12.7. The van der Waals surface area contributed by atoms with Crippen molar-refractivity contribution in [1.29, 1.82) is 0 Å². The van der Waals surface area contributed by atoms with Gasteiger partial charge < -0.3 is 0 Å². The van der Waals surface area contributed by atoms with Gasteiger partial charge in [0, 0.05) is 0 Å². The average molecular weight is 319 g/mol. The van der Waals surface area contributed by atoms with Gasteiger partial charge in [-0.3, -0.25) is 0 Å². The minimum absolute atomic E-state index is 0.164. The topological polar surface area (TPSA) is 0 Å². The molecule has 54 valence electrons. The third-order valence-electron chi connectivity index (χ3n) is 0.949. The molecule has 0 fully saturated rings. The Kier molecular flexibility index (Phi) is 2.62. The van der Waals surface area contributed by atoms with Gasteiger partial charge in [0.2, 0.25) is 0 Å². The summed E-state index contributed by atoms with van der Waals surface area (Å²) in [6, 6.07) is 2.23. The van der Waals surface area contributed by atoms with Gasteiger partial charge in [0.15, 0.2) is 5.82 Å². The highest BCUT2D eigenvalue weighted by atomic mass is 127. The molecular formula is C6H2BrF2I. The fourth-order valence-electron chi connectivity index (χ4n) is 0.525. The smallest absolute Gasteiger partial charge is 0.150 e. The van der Waals surface area contributed by atoms with E-state index in [1.807, 2.05) is 0 Å². The second kappa shape index (κ2) is 3.13. The van der Waals surface area contributed by atoms with Gasteiger partial charge in [-0.2, -0.15) is 0 Å². The van der Waals surface area contributed by atoms with E-state index in [-0.39, 0.29) is 8.04 Å². The maximum Gasteiger partial charge on any atom is 0.150 e. The lowest BCUT2D eigenvalue weighted by atomic mass is 10.3. The van der Waals surface area contributed by atoms with Crippen LogP contribution >= 0.6 is 38.5 Å². The van der Waals surface area contributed by atoms with Gasteiger partial charge in [0.1, 0.15) is 5.82 Å². The Labute approximate surface area is 78.9 Å². The molecule has 0 spiro atoms. The number of halogens is 4. The summed E-state index contributed by atoms with van der Waals surface area (Å²) in [5, 5.41) is 0. The van der Waals surface area contributed by atoms with Crippen molar-refractivity contribution < 1.29 is 8.78 Å². The number of hydrogen-bond donors (Lipinski definition) is 0. The van der Waals surface area contributed by atoms with E-state index in [2.05, 4.69) is 15.9 Å². The lowest BCUT2D eigenvalue weighted by molar-refractivity contribution is 0.587. The van der Waals surface area contributed by atoms with E-state index in [4.69, 9.17) is 0 Å². The van der Waals surface area contributed by atoms with Gasteiger partial charge >= 0.3 is 0 Å². The fraction of sp³-hybridized carbons (Fsp3) is 0. The third kappa shape index (κ3) is 1.66. The molecule has 0 aliphatic rings. The van der Waals surface area contributed by atoms with E-state index in [1.54, 1.807) is 22.6 Å². The van der Waals surface area contributed by atoms with E-state index >= 15 is 0 Å². The van der Waals surface area contributed by atoms with Gasteiger partial charge in [-0.25, -0.2) is 8.78 Å². The molecule has 0 saturated carbocycles. The van der Waals surface area contributed by atoms with Gasteiger partial charge in [0.05, 0.1) is 8.04 Å². The lowest BCUT2D eigenvalue weighted by Gasteiger charge is -1.96. The summed E-state index contributed by atoms with van der Waals surface area (Å²) in [5.41, 5.74) is 0. The third-order valence-corrected chi connectivity index (χ3v) is 2.31. The van der Waals surface area contributed by atoms with Crippen LogP contribution in [0.3, 0.4) is 0 Å². The Morgan fingerprint density at radius 3 is 2.40 bits per heavy atom. The summed E-state index contributed by atoms with van der Waals surface area (Å²) in [4.78, 5) is 0. The largest absolute Gasteiger partial charge is 0.207 e. The molecule has 0 bridgehead atoms. The highest BCUT2D eigenvalue weighted by molar-refractivity contribution is 14.1. The number of benzene rings is 1. The van der Waals surface area contributed by atoms with Crippen LogP contribution in [0.2, 0.25) is 0 Å². The summed E-state index contributed by atoms with van der Waals surface area (Å²) >= 11 is 4.61. The summed E-state index contributed by atoms with van der Waals surface area (Å²) in [6.07, 6.45) is 0. The highest BCUT2D eigenvalue weighted by Gasteiger charge is 2.05. The summed E-state index contributed by atoms with van der Waals surface area (Å²) < 4.78 is 25.5. The molecule has 10 heavy (non-hydrogen) atoms. The Morgan fingerprint density at radius 2 is 1.90 bits per heavy atom. The minimum Gasteiger partial charge on any atom is -0.207 e. The van der Waals surface area contributed by atoms with Gasteiger partial charge in [-0.05, 0) is 50.7 Å². The molecular weight excluding hydrogens is 317 g/mol. The molecule has 1 aromatic carbocycles. The van der Waals surface area contributed by atoms with Crippen molar-refractivity contribution >= 4 is 38.5 Å². The summed E-state index contributed by atoms with van der Waals surface area (Å²) in [7, 11) is 0. The van der Waals surface area contributed by atoms with Crippen LogP contribution in [0.5, 0.6) is 0 Å². The number of hydrogen-bond acceptors (Lipinski definition) is 0. The van der Waals surface area contributed by atoms with Crippen LogP contribution in [0, 0.1) is 15.2 Å². The standard InChI is InChI=1S/C6H2BrF2I/c7-4-1-3(8)2-5(10)6(4)9/h1-2H. The molecule has 0 N–H and O–H groups in total.